The topological polar surface area (TPSA) is 61.4 Å². The number of carbonyl (C=O) groups is 2. The second-order valence-corrected chi connectivity index (χ2v) is 9.60. The molecule has 1 fully saturated rings. The van der Waals surface area contributed by atoms with Gasteiger partial charge >= 0.3 is 0 Å². The predicted octanol–water partition coefficient (Wildman–Crippen LogP) is 3.48. The van der Waals surface area contributed by atoms with Crippen LogP contribution in [0.1, 0.15) is 76.7 Å². The highest BCUT2D eigenvalue weighted by Gasteiger charge is 2.29. The van der Waals surface area contributed by atoms with Crippen molar-refractivity contribution in [3.8, 4) is 0 Å². The molecule has 1 heterocycles. The Morgan fingerprint density at radius 2 is 1.57 bits per heavy atom. The van der Waals surface area contributed by atoms with Gasteiger partial charge in [0.1, 0.15) is 6.04 Å². The highest BCUT2D eigenvalue weighted by molar-refractivity contribution is 5.97. The molecule has 2 rings (SSSR count). The molecule has 5 nitrogen and oxygen atoms in total. The van der Waals surface area contributed by atoms with Crippen molar-refractivity contribution in [1.29, 1.82) is 0 Å². The van der Waals surface area contributed by atoms with Gasteiger partial charge in [0.25, 0.3) is 5.91 Å². The maximum Gasteiger partial charge on any atom is 0.251 e. The minimum Gasteiger partial charge on any atom is -0.352 e. The Morgan fingerprint density at radius 1 is 1.00 bits per heavy atom. The summed E-state index contributed by atoms with van der Waals surface area (Å²) >= 11 is 0. The third-order valence-electron chi connectivity index (χ3n) is 5.66. The van der Waals surface area contributed by atoms with Crippen LogP contribution in [0.15, 0.2) is 24.3 Å². The standard InChI is InChI=1S/C23H37N3O2/c1-17(20(27)24-16-23(5,6)26-14-8-7-9-15-26)25-21(28)18-10-12-19(13-11-18)22(2,3)4/h10-13,17H,7-9,14-16H2,1-6H3,(H,24,27)(H,25,28). The molecule has 0 aromatic heterocycles. The van der Waals surface area contributed by atoms with E-state index in [2.05, 4.69) is 50.2 Å². The van der Waals surface area contributed by atoms with E-state index in [1.165, 1.54) is 24.8 Å². The van der Waals surface area contributed by atoms with Gasteiger partial charge in [0.2, 0.25) is 5.91 Å². The van der Waals surface area contributed by atoms with Crippen molar-refractivity contribution in [2.24, 2.45) is 0 Å². The Hall–Kier alpha value is -1.88. The van der Waals surface area contributed by atoms with Gasteiger partial charge in [-0.3, -0.25) is 14.5 Å². The van der Waals surface area contributed by atoms with Gasteiger partial charge in [-0.2, -0.15) is 0 Å². The monoisotopic (exact) mass is 387 g/mol. The summed E-state index contributed by atoms with van der Waals surface area (Å²) in [6.07, 6.45) is 3.73. The molecule has 0 radical (unpaired) electrons. The van der Waals surface area contributed by atoms with Crippen molar-refractivity contribution in [2.45, 2.75) is 77.8 Å². The first-order valence-corrected chi connectivity index (χ1v) is 10.4. The van der Waals surface area contributed by atoms with E-state index in [-0.39, 0.29) is 22.8 Å². The molecule has 1 aromatic rings. The molecular weight excluding hydrogens is 350 g/mol. The smallest absolute Gasteiger partial charge is 0.251 e. The van der Waals surface area contributed by atoms with E-state index < -0.39 is 6.04 Å². The maximum atomic E-state index is 12.5. The number of nitrogens with one attached hydrogen (secondary N) is 2. The van der Waals surface area contributed by atoms with Crippen LogP contribution in [-0.4, -0.2) is 47.9 Å². The van der Waals surface area contributed by atoms with Crippen LogP contribution in [0.5, 0.6) is 0 Å². The van der Waals surface area contributed by atoms with E-state index in [0.717, 1.165) is 13.1 Å². The number of nitrogens with zero attached hydrogens (tertiary/aromatic N) is 1. The molecule has 1 aliphatic heterocycles. The van der Waals surface area contributed by atoms with Gasteiger partial charge in [-0.05, 0) is 69.8 Å². The molecule has 0 spiro atoms. The third-order valence-corrected chi connectivity index (χ3v) is 5.66. The first-order valence-electron chi connectivity index (χ1n) is 10.4. The van der Waals surface area contributed by atoms with E-state index >= 15 is 0 Å². The number of hydrogen-bond donors (Lipinski definition) is 2. The first kappa shape index (κ1) is 22.4. The molecule has 1 aliphatic rings. The Balaban J connectivity index is 1.86. The van der Waals surface area contributed by atoms with E-state index in [9.17, 15) is 9.59 Å². The summed E-state index contributed by atoms with van der Waals surface area (Å²) < 4.78 is 0. The van der Waals surface area contributed by atoms with E-state index in [0.29, 0.717) is 12.1 Å². The second-order valence-electron chi connectivity index (χ2n) is 9.60. The molecule has 1 saturated heterocycles. The van der Waals surface area contributed by atoms with Crippen molar-refractivity contribution < 1.29 is 9.59 Å². The van der Waals surface area contributed by atoms with Crippen LogP contribution in [-0.2, 0) is 10.2 Å². The van der Waals surface area contributed by atoms with Crippen molar-refractivity contribution in [3.63, 3.8) is 0 Å². The Labute approximate surface area is 170 Å². The normalized spacial score (nSPS) is 17.1. The first-order chi connectivity index (χ1) is 13.0. The molecule has 5 heteroatoms. The fourth-order valence-corrected chi connectivity index (χ4v) is 3.53. The Kier molecular flexibility index (Phi) is 7.27. The van der Waals surface area contributed by atoms with Gasteiger partial charge in [-0.15, -0.1) is 0 Å². The highest BCUT2D eigenvalue weighted by atomic mass is 16.2. The van der Waals surface area contributed by atoms with Crippen molar-refractivity contribution in [1.82, 2.24) is 15.5 Å². The van der Waals surface area contributed by atoms with E-state index in [4.69, 9.17) is 0 Å². The van der Waals surface area contributed by atoms with Crippen LogP contribution in [0.4, 0.5) is 0 Å². The van der Waals surface area contributed by atoms with Gasteiger partial charge in [0.15, 0.2) is 0 Å². The predicted molar refractivity (Wildman–Crippen MR) is 115 cm³/mol. The van der Waals surface area contributed by atoms with Crippen LogP contribution in [0.25, 0.3) is 0 Å². The highest BCUT2D eigenvalue weighted by Crippen LogP contribution is 2.22. The molecule has 1 aromatic carbocycles. The van der Waals surface area contributed by atoms with Crippen LogP contribution in [0.3, 0.4) is 0 Å². The number of carbonyl (C=O) groups excluding carboxylic acids is 2. The zero-order valence-corrected chi connectivity index (χ0v) is 18.4. The molecule has 2 amide bonds. The van der Waals surface area contributed by atoms with E-state index in [1.54, 1.807) is 6.92 Å². The lowest BCUT2D eigenvalue weighted by Crippen LogP contribution is -2.55. The lowest BCUT2D eigenvalue weighted by Gasteiger charge is -2.41. The molecule has 0 saturated carbocycles. The number of likely N-dealkylation sites (tertiary alicyclic amines) is 1. The number of rotatable bonds is 6. The molecular formula is C23H37N3O2. The summed E-state index contributed by atoms with van der Waals surface area (Å²) in [6, 6.07) is 7.01. The number of piperidine rings is 1. The lowest BCUT2D eigenvalue weighted by atomic mass is 9.86. The molecule has 0 aliphatic carbocycles. The summed E-state index contributed by atoms with van der Waals surface area (Å²) in [6.45, 7) is 15.2. The van der Waals surface area contributed by atoms with Crippen LogP contribution in [0, 0.1) is 0 Å². The largest absolute Gasteiger partial charge is 0.352 e. The van der Waals surface area contributed by atoms with Crippen molar-refractivity contribution in [2.75, 3.05) is 19.6 Å². The second kappa shape index (κ2) is 9.08. The summed E-state index contributed by atoms with van der Waals surface area (Å²) in [5, 5.41) is 5.82. The summed E-state index contributed by atoms with van der Waals surface area (Å²) in [5.74, 6) is -0.372. The summed E-state index contributed by atoms with van der Waals surface area (Å²) in [5.41, 5.74) is 1.71. The molecule has 0 bridgehead atoms. The van der Waals surface area contributed by atoms with Gasteiger partial charge in [-0.1, -0.05) is 39.3 Å². The van der Waals surface area contributed by atoms with Crippen LogP contribution < -0.4 is 10.6 Å². The maximum absolute atomic E-state index is 12.5. The number of hydrogen-bond acceptors (Lipinski definition) is 3. The lowest BCUT2D eigenvalue weighted by molar-refractivity contribution is -0.123. The zero-order chi connectivity index (χ0) is 20.9. The molecule has 1 unspecified atom stereocenters. The number of amides is 2. The van der Waals surface area contributed by atoms with Gasteiger partial charge in [0.05, 0.1) is 0 Å². The van der Waals surface area contributed by atoms with Crippen molar-refractivity contribution >= 4 is 11.8 Å². The minimum absolute atomic E-state index is 0.0450. The molecule has 28 heavy (non-hydrogen) atoms. The summed E-state index contributed by atoms with van der Waals surface area (Å²) in [4.78, 5) is 27.4. The molecule has 156 valence electrons. The Morgan fingerprint density at radius 3 is 2.11 bits per heavy atom. The van der Waals surface area contributed by atoms with Gasteiger partial charge in [0, 0.05) is 17.6 Å². The van der Waals surface area contributed by atoms with Crippen molar-refractivity contribution in [3.05, 3.63) is 35.4 Å². The average Bonchev–Trinajstić information content (AvgIpc) is 2.66. The molecule has 2 N–H and O–H groups in total. The summed E-state index contributed by atoms with van der Waals surface area (Å²) in [7, 11) is 0. The van der Waals surface area contributed by atoms with Crippen LogP contribution in [0.2, 0.25) is 0 Å². The fourth-order valence-electron chi connectivity index (χ4n) is 3.53. The fraction of sp³-hybridized carbons (Fsp3) is 0.652. The van der Waals surface area contributed by atoms with E-state index in [1.807, 2.05) is 24.3 Å². The third kappa shape index (κ3) is 6.06. The zero-order valence-electron chi connectivity index (χ0n) is 18.4. The van der Waals surface area contributed by atoms with Gasteiger partial charge in [-0.25, -0.2) is 0 Å². The quantitative estimate of drug-likeness (QED) is 0.785. The van der Waals surface area contributed by atoms with Crippen LogP contribution >= 0.6 is 0 Å². The van der Waals surface area contributed by atoms with Gasteiger partial charge < -0.3 is 10.6 Å². The number of benzene rings is 1. The molecule has 1 atom stereocenters. The SMILES string of the molecule is CC(NC(=O)c1ccc(C(C)(C)C)cc1)C(=O)NCC(C)(C)N1CCCCC1. The minimum atomic E-state index is -0.577. The Bertz CT molecular complexity index is 668. The average molecular weight is 388 g/mol.